The van der Waals surface area contributed by atoms with E-state index in [1.807, 2.05) is 40.0 Å². The molecule has 38 heavy (non-hydrogen) atoms. The van der Waals surface area contributed by atoms with E-state index < -0.39 is 34.5 Å². The molecule has 208 valence electrons. The number of anilines is 1. The summed E-state index contributed by atoms with van der Waals surface area (Å²) in [4.78, 5) is 30.3. The van der Waals surface area contributed by atoms with Crippen molar-refractivity contribution in [2.45, 2.75) is 83.1 Å². The first kappa shape index (κ1) is 27.0. The second-order valence-electron chi connectivity index (χ2n) is 12.9. The molecule has 2 N–H and O–H groups in total. The summed E-state index contributed by atoms with van der Waals surface area (Å²) in [5.41, 5.74) is -0.587. The Hall–Kier alpha value is -2.58. The summed E-state index contributed by atoms with van der Waals surface area (Å²) in [5, 5.41) is 16.1. The number of hydrogen-bond donors (Lipinski definition) is 2. The summed E-state index contributed by atoms with van der Waals surface area (Å²) in [6.45, 7) is 11.3. The van der Waals surface area contributed by atoms with Crippen LogP contribution in [0.4, 0.5) is 5.69 Å². The summed E-state index contributed by atoms with van der Waals surface area (Å²) in [7, 11) is 3.66. The summed E-state index contributed by atoms with van der Waals surface area (Å²) in [6, 6.07) is 5.80. The SMILES string of the molecule is CC[C@]12C=CCN3CC[C@@]4(c5ccc(OC)cc5N(C)[C@H]4[C@@](O)(CNC(=O)CC(C)(C)C)[C@@H]1OC(C)=O)C32. The van der Waals surface area contributed by atoms with Gasteiger partial charge < -0.3 is 24.8 Å². The molecule has 8 nitrogen and oxygen atoms in total. The highest BCUT2D eigenvalue weighted by Crippen LogP contribution is 2.67. The van der Waals surface area contributed by atoms with Gasteiger partial charge in [-0.1, -0.05) is 45.9 Å². The zero-order valence-electron chi connectivity index (χ0n) is 23.8. The Morgan fingerprint density at radius 3 is 2.61 bits per heavy atom. The smallest absolute Gasteiger partial charge is 0.303 e. The standard InChI is InChI=1S/C30H43N3O5/c1-8-28-12-9-14-33-15-13-29(24(28)33)21-11-10-20(37-7)16-22(21)32(6)25(29)30(36,26(28)38-19(2)34)18-31-23(35)17-27(3,4)5/h9-12,16,24-26,36H,8,13-15,17-18H2,1-7H3,(H,31,35)/t24?,25-,26-,28-,29-,30+/m1/s1. The predicted octanol–water partition coefficient (Wildman–Crippen LogP) is 3.02. The molecule has 1 unspecified atom stereocenters. The Morgan fingerprint density at radius 2 is 1.97 bits per heavy atom. The number of methoxy groups -OCH3 is 1. The second kappa shape index (κ2) is 8.98. The highest BCUT2D eigenvalue weighted by atomic mass is 16.6. The van der Waals surface area contributed by atoms with Crippen molar-refractivity contribution in [1.82, 2.24) is 10.2 Å². The van der Waals surface area contributed by atoms with Crippen molar-refractivity contribution in [3.63, 3.8) is 0 Å². The van der Waals surface area contributed by atoms with E-state index in [9.17, 15) is 14.7 Å². The second-order valence-corrected chi connectivity index (χ2v) is 12.9. The third-order valence-corrected chi connectivity index (χ3v) is 9.48. The molecule has 2 fully saturated rings. The van der Waals surface area contributed by atoms with Crippen LogP contribution in [0.3, 0.4) is 0 Å². The number of aliphatic hydroxyl groups is 1. The van der Waals surface area contributed by atoms with Gasteiger partial charge in [-0.05, 0) is 36.4 Å². The lowest BCUT2D eigenvalue weighted by Crippen LogP contribution is -2.81. The molecular weight excluding hydrogens is 482 g/mol. The summed E-state index contributed by atoms with van der Waals surface area (Å²) in [6.07, 6.45) is 5.38. The maximum absolute atomic E-state index is 13.1. The van der Waals surface area contributed by atoms with Gasteiger partial charge in [0, 0.05) is 55.6 Å². The number of benzene rings is 1. The van der Waals surface area contributed by atoms with Gasteiger partial charge in [-0.25, -0.2) is 0 Å². The molecule has 1 spiro atoms. The molecule has 3 aliphatic heterocycles. The van der Waals surface area contributed by atoms with Gasteiger partial charge >= 0.3 is 5.97 Å². The Labute approximate surface area is 226 Å². The van der Waals surface area contributed by atoms with Gasteiger partial charge in [0.1, 0.15) is 17.5 Å². The van der Waals surface area contributed by atoms with Crippen LogP contribution in [0, 0.1) is 10.8 Å². The number of ether oxygens (including phenoxy) is 2. The van der Waals surface area contributed by atoms with Crippen molar-refractivity contribution in [2.75, 3.05) is 38.7 Å². The Morgan fingerprint density at radius 1 is 1.24 bits per heavy atom. The fraction of sp³-hybridized carbons (Fsp3) is 0.667. The number of amides is 1. The van der Waals surface area contributed by atoms with E-state index in [0.29, 0.717) is 12.8 Å². The fourth-order valence-corrected chi connectivity index (χ4v) is 8.43. The number of esters is 1. The van der Waals surface area contributed by atoms with Crippen LogP contribution in [-0.4, -0.2) is 79.5 Å². The number of rotatable bonds is 6. The van der Waals surface area contributed by atoms with Crippen molar-refractivity contribution in [1.29, 1.82) is 0 Å². The third kappa shape index (κ3) is 3.70. The van der Waals surface area contributed by atoms with Crippen LogP contribution in [0.5, 0.6) is 5.75 Å². The normalized spacial score (nSPS) is 35.4. The van der Waals surface area contributed by atoms with Gasteiger partial charge in [-0.15, -0.1) is 0 Å². The molecule has 4 aliphatic rings. The monoisotopic (exact) mass is 525 g/mol. The molecule has 5 rings (SSSR count). The van der Waals surface area contributed by atoms with Gasteiger partial charge in [0.15, 0.2) is 0 Å². The molecule has 8 heteroatoms. The number of nitrogens with zero attached hydrogens (tertiary/aromatic N) is 2. The van der Waals surface area contributed by atoms with Crippen molar-refractivity contribution < 1.29 is 24.2 Å². The van der Waals surface area contributed by atoms with E-state index in [1.165, 1.54) is 12.5 Å². The average Bonchev–Trinajstić information content (AvgIpc) is 3.36. The fourth-order valence-electron chi connectivity index (χ4n) is 8.43. The van der Waals surface area contributed by atoms with Gasteiger partial charge in [0.2, 0.25) is 5.91 Å². The van der Waals surface area contributed by atoms with E-state index in [4.69, 9.17) is 9.47 Å². The first-order valence-electron chi connectivity index (χ1n) is 13.8. The van der Waals surface area contributed by atoms with Gasteiger partial charge in [-0.3, -0.25) is 14.5 Å². The number of likely N-dealkylation sites (N-methyl/N-ethyl adjacent to an activating group) is 1. The molecule has 1 aromatic carbocycles. The van der Waals surface area contributed by atoms with Crippen LogP contribution >= 0.6 is 0 Å². The minimum absolute atomic E-state index is 0.00987. The largest absolute Gasteiger partial charge is 0.497 e. The molecular formula is C30H43N3O5. The topological polar surface area (TPSA) is 91.3 Å². The lowest BCUT2D eigenvalue weighted by molar-refractivity contribution is -0.217. The summed E-state index contributed by atoms with van der Waals surface area (Å²) >= 11 is 0. The van der Waals surface area contributed by atoms with E-state index in [0.717, 1.165) is 30.9 Å². The minimum atomic E-state index is -1.55. The first-order valence-corrected chi connectivity index (χ1v) is 13.8. The van der Waals surface area contributed by atoms with E-state index in [2.05, 4.69) is 40.3 Å². The van der Waals surface area contributed by atoms with Crippen molar-refractivity contribution in [3.8, 4) is 5.75 Å². The maximum atomic E-state index is 13.1. The quantitative estimate of drug-likeness (QED) is 0.436. The first-order chi connectivity index (χ1) is 17.8. The highest BCUT2D eigenvalue weighted by Gasteiger charge is 2.77. The molecule has 6 atom stereocenters. The maximum Gasteiger partial charge on any atom is 0.303 e. The Balaban J connectivity index is 1.72. The molecule has 1 aliphatic carbocycles. The molecule has 1 aromatic rings. The average molecular weight is 526 g/mol. The zero-order chi connectivity index (χ0) is 27.7. The van der Waals surface area contributed by atoms with Crippen molar-refractivity contribution in [3.05, 3.63) is 35.9 Å². The number of carbonyl (C=O) groups is 2. The van der Waals surface area contributed by atoms with Crippen LogP contribution in [0.15, 0.2) is 30.4 Å². The number of nitrogens with one attached hydrogen (secondary N) is 1. The van der Waals surface area contributed by atoms with E-state index >= 15 is 0 Å². The highest BCUT2D eigenvalue weighted by molar-refractivity contribution is 5.77. The zero-order valence-corrected chi connectivity index (χ0v) is 23.8. The summed E-state index contributed by atoms with van der Waals surface area (Å²) in [5.74, 6) is 0.198. The lowest BCUT2D eigenvalue weighted by atomic mass is 9.47. The Kier molecular flexibility index (Phi) is 6.38. The van der Waals surface area contributed by atoms with Gasteiger partial charge in [-0.2, -0.15) is 0 Å². The molecule has 3 heterocycles. The molecule has 0 aromatic heterocycles. The summed E-state index contributed by atoms with van der Waals surface area (Å²) < 4.78 is 11.7. The van der Waals surface area contributed by atoms with Crippen LogP contribution in [0.1, 0.15) is 59.4 Å². The Bertz CT molecular complexity index is 1160. The van der Waals surface area contributed by atoms with Crippen molar-refractivity contribution in [2.24, 2.45) is 10.8 Å². The van der Waals surface area contributed by atoms with Gasteiger partial charge in [0.25, 0.3) is 0 Å². The molecule has 1 saturated carbocycles. The molecule has 1 saturated heterocycles. The van der Waals surface area contributed by atoms with E-state index in [1.54, 1.807) is 7.11 Å². The van der Waals surface area contributed by atoms with Crippen LogP contribution in [0.25, 0.3) is 0 Å². The lowest BCUT2D eigenvalue weighted by Gasteiger charge is -2.64. The number of fused-ring (bicyclic) bond motifs is 1. The number of carbonyl (C=O) groups excluding carboxylic acids is 2. The van der Waals surface area contributed by atoms with Crippen LogP contribution in [-0.2, 0) is 19.7 Å². The predicted molar refractivity (Wildman–Crippen MR) is 146 cm³/mol. The third-order valence-electron chi connectivity index (χ3n) is 9.48. The van der Waals surface area contributed by atoms with Gasteiger partial charge in [0.05, 0.1) is 19.7 Å². The van der Waals surface area contributed by atoms with Crippen LogP contribution < -0.4 is 15.0 Å². The number of hydrogen-bond acceptors (Lipinski definition) is 7. The molecule has 0 radical (unpaired) electrons. The molecule has 1 amide bonds. The van der Waals surface area contributed by atoms with Crippen molar-refractivity contribution >= 4 is 17.6 Å². The minimum Gasteiger partial charge on any atom is -0.497 e. The molecule has 0 bridgehead atoms. The van der Waals surface area contributed by atoms with Crippen LogP contribution in [0.2, 0.25) is 0 Å². The van der Waals surface area contributed by atoms with E-state index in [-0.39, 0.29) is 23.9 Å².